The van der Waals surface area contributed by atoms with E-state index in [1.54, 1.807) is 7.11 Å². The van der Waals surface area contributed by atoms with Crippen LogP contribution in [0, 0.1) is 0 Å². The van der Waals surface area contributed by atoms with Gasteiger partial charge in [-0.3, -0.25) is 4.90 Å². The fourth-order valence-electron chi connectivity index (χ4n) is 2.47. The summed E-state index contributed by atoms with van der Waals surface area (Å²) < 4.78 is 5.18. The predicted molar refractivity (Wildman–Crippen MR) is 85.2 cm³/mol. The minimum absolute atomic E-state index is 0.0328. The van der Waals surface area contributed by atoms with Gasteiger partial charge in [0.15, 0.2) is 0 Å². The van der Waals surface area contributed by atoms with Crippen LogP contribution in [0.4, 0.5) is 0 Å². The lowest BCUT2D eigenvalue weighted by Crippen LogP contribution is -2.43. The van der Waals surface area contributed by atoms with Crippen LogP contribution in [0.2, 0.25) is 0 Å². The van der Waals surface area contributed by atoms with Gasteiger partial charge in [0.25, 0.3) is 0 Å². The molecule has 0 aromatic heterocycles. The summed E-state index contributed by atoms with van der Waals surface area (Å²) in [5.41, 5.74) is 7.49. The van der Waals surface area contributed by atoms with E-state index in [2.05, 4.69) is 37.7 Å². The van der Waals surface area contributed by atoms with Crippen LogP contribution in [0.1, 0.15) is 25.5 Å². The van der Waals surface area contributed by atoms with Gasteiger partial charge in [0, 0.05) is 25.2 Å². The van der Waals surface area contributed by atoms with Gasteiger partial charge in [0.1, 0.15) is 5.75 Å². The number of nitrogens with zero attached hydrogens (tertiary/aromatic N) is 2. The summed E-state index contributed by atoms with van der Waals surface area (Å²) >= 11 is 0. The maximum atomic E-state index is 6.34. The Kier molecular flexibility index (Phi) is 6.99. The highest BCUT2D eigenvalue weighted by Gasteiger charge is 2.17. The van der Waals surface area contributed by atoms with E-state index < -0.39 is 0 Å². The van der Waals surface area contributed by atoms with Gasteiger partial charge in [-0.05, 0) is 45.3 Å². The van der Waals surface area contributed by atoms with Crippen LogP contribution in [0.5, 0.6) is 5.75 Å². The maximum absolute atomic E-state index is 6.34. The number of benzene rings is 1. The number of hydrogen-bond donors (Lipinski definition) is 1. The number of nitrogens with two attached hydrogens (primary N) is 1. The largest absolute Gasteiger partial charge is 0.497 e. The molecule has 0 aliphatic carbocycles. The Bertz CT molecular complexity index is 378. The maximum Gasteiger partial charge on any atom is 0.118 e. The van der Waals surface area contributed by atoms with Gasteiger partial charge in [-0.15, -0.1) is 0 Å². The standard InChI is InChI=1S/C16H29N3O/c1-6-19(13(2)11-18(3)4)12-16(17)14-7-9-15(20-5)10-8-14/h7-10,13,16H,6,11-12,17H2,1-5H3. The van der Waals surface area contributed by atoms with Gasteiger partial charge in [-0.25, -0.2) is 0 Å². The topological polar surface area (TPSA) is 41.7 Å². The van der Waals surface area contributed by atoms with Crippen molar-refractivity contribution in [2.75, 3.05) is 40.8 Å². The van der Waals surface area contributed by atoms with E-state index in [9.17, 15) is 0 Å². The van der Waals surface area contributed by atoms with Crippen molar-refractivity contribution in [1.29, 1.82) is 0 Å². The summed E-state index contributed by atoms with van der Waals surface area (Å²) in [5, 5.41) is 0. The molecule has 0 saturated heterocycles. The molecule has 1 rings (SSSR count). The number of methoxy groups -OCH3 is 1. The summed E-state index contributed by atoms with van der Waals surface area (Å²) in [6, 6.07) is 8.57. The van der Waals surface area contributed by atoms with Gasteiger partial charge in [0.05, 0.1) is 7.11 Å². The average Bonchev–Trinajstić information content (AvgIpc) is 2.43. The molecule has 0 amide bonds. The molecular formula is C16H29N3O. The highest BCUT2D eigenvalue weighted by atomic mass is 16.5. The third-order valence-corrected chi connectivity index (χ3v) is 3.63. The molecule has 20 heavy (non-hydrogen) atoms. The zero-order valence-corrected chi connectivity index (χ0v) is 13.5. The molecule has 2 atom stereocenters. The first-order chi connectivity index (χ1) is 9.47. The number of hydrogen-bond acceptors (Lipinski definition) is 4. The quantitative estimate of drug-likeness (QED) is 0.790. The minimum Gasteiger partial charge on any atom is -0.497 e. The second kappa shape index (κ2) is 8.25. The number of likely N-dealkylation sites (N-methyl/N-ethyl adjacent to an activating group) is 2. The highest BCUT2D eigenvalue weighted by molar-refractivity contribution is 5.29. The average molecular weight is 279 g/mol. The molecule has 0 fully saturated rings. The Labute approximate surface area is 123 Å². The van der Waals surface area contributed by atoms with Crippen LogP contribution < -0.4 is 10.5 Å². The lowest BCUT2D eigenvalue weighted by molar-refractivity contribution is 0.172. The molecule has 0 aliphatic rings. The molecule has 2 N–H and O–H groups in total. The number of ether oxygens (including phenoxy) is 1. The molecule has 4 heteroatoms. The van der Waals surface area contributed by atoms with Gasteiger partial charge in [0.2, 0.25) is 0 Å². The number of rotatable bonds is 8. The molecular weight excluding hydrogens is 250 g/mol. The smallest absolute Gasteiger partial charge is 0.118 e. The fourth-order valence-corrected chi connectivity index (χ4v) is 2.47. The van der Waals surface area contributed by atoms with Gasteiger partial charge >= 0.3 is 0 Å². The molecule has 2 unspecified atom stereocenters. The van der Waals surface area contributed by atoms with Crippen molar-refractivity contribution in [1.82, 2.24) is 9.80 Å². The van der Waals surface area contributed by atoms with Crippen LogP contribution in [0.15, 0.2) is 24.3 Å². The minimum atomic E-state index is 0.0328. The fraction of sp³-hybridized carbons (Fsp3) is 0.625. The van der Waals surface area contributed by atoms with Crippen LogP contribution in [-0.2, 0) is 0 Å². The Morgan fingerprint density at radius 1 is 1.15 bits per heavy atom. The van der Waals surface area contributed by atoms with E-state index in [-0.39, 0.29) is 6.04 Å². The first-order valence-electron chi connectivity index (χ1n) is 7.26. The van der Waals surface area contributed by atoms with Gasteiger partial charge < -0.3 is 15.4 Å². The zero-order chi connectivity index (χ0) is 15.1. The Morgan fingerprint density at radius 3 is 2.20 bits per heavy atom. The van der Waals surface area contributed by atoms with Crippen LogP contribution >= 0.6 is 0 Å². The van der Waals surface area contributed by atoms with E-state index in [4.69, 9.17) is 10.5 Å². The monoisotopic (exact) mass is 279 g/mol. The van der Waals surface area contributed by atoms with Crippen molar-refractivity contribution < 1.29 is 4.74 Å². The molecule has 4 nitrogen and oxygen atoms in total. The van der Waals surface area contributed by atoms with Crippen molar-refractivity contribution >= 4 is 0 Å². The summed E-state index contributed by atoms with van der Waals surface area (Å²) in [4.78, 5) is 4.64. The van der Waals surface area contributed by atoms with Crippen molar-refractivity contribution in [2.24, 2.45) is 5.73 Å². The lowest BCUT2D eigenvalue weighted by Gasteiger charge is -2.32. The summed E-state index contributed by atoms with van der Waals surface area (Å²) in [7, 11) is 5.89. The van der Waals surface area contributed by atoms with E-state index in [0.29, 0.717) is 6.04 Å². The molecule has 0 bridgehead atoms. The predicted octanol–water partition coefficient (Wildman–Crippen LogP) is 1.97. The van der Waals surface area contributed by atoms with E-state index in [1.165, 1.54) is 0 Å². The molecule has 0 saturated carbocycles. The second-order valence-electron chi connectivity index (χ2n) is 5.58. The highest BCUT2D eigenvalue weighted by Crippen LogP contribution is 2.17. The van der Waals surface area contributed by atoms with E-state index in [0.717, 1.165) is 30.9 Å². The third kappa shape index (κ3) is 5.12. The molecule has 0 spiro atoms. The molecule has 114 valence electrons. The molecule has 1 aromatic rings. The van der Waals surface area contributed by atoms with E-state index in [1.807, 2.05) is 24.3 Å². The van der Waals surface area contributed by atoms with Crippen LogP contribution in [0.25, 0.3) is 0 Å². The third-order valence-electron chi connectivity index (χ3n) is 3.63. The van der Waals surface area contributed by atoms with Crippen LogP contribution in [0.3, 0.4) is 0 Å². The van der Waals surface area contributed by atoms with Crippen LogP contribution in [-0.4, -0.2) is 56.7 Å². The van der Waals surface area contributed by atoms with Gasteiger partial charge in [-0.2, -0.15) is 0 Å². The van der Waals surface area contributed by atoms with Crippen molar-refractivity contribution in [2.45, 2.75) is 25.9 Å². The summed E-state index contributed by atoms with van der Waals surface area (Å²) in [5.74, 6) is 0.870. The normalized spacial score (nSPS) is 14.6. The molecule has 1 aromatic carbocycles. The Hall–Kier alpha value is -1.10. The SMILES string of the molecule is CCN(CC(N)c1ccc(OC)cc1)C(C)CN(C)C. The van der Waals surface area contributed by atoms with Gasteiger partial charge in [-0.1, -0.05) is 19.1 Å². The Morgan fingerprint density at radius 2 is 1.75 bits per heavy atom. The summed E-state index contributed by atoms with van der Waals surface area (Å²) in [6.45, 7) is 7.37. The second-order valence-corrected chi connectivity index (χ2v) is 5.58. The van der Waals surface area contributed by atoms with Crippen molar-refractivity contribution in [3.63, 3.8) is 0 Å². The molecule has 0 heterocycles. The first kappa shape index (κ1) is 17.0. The van der Waals surface area contributed by atoms with Crippen molar-refractivity contribution in [3.05, 3.63) is 29.8 Å². The Balaban J connectivity index is 2.63. The molecule has 0 radical (unpaired) electrons. The van der Waals surface area contributed by atoms with E-state index >= 15 is 0 Å². The summed E-state index contributed by atoms with van der Waals surface area (Å²) in [6.07, 6.45) is 0. The zero-order valence-electron chi connectivity index (χ0n) is 13.5. The van der Waals surface area contributed by atoms with Crippen molar-refractivity contribution in [3.8, 4) is 5.75 Å². The lowest BCUT2D eigenvalue weighted by atomic mass is 10.1. The molecule has 0 aliphatic heterocycles. The first-order valence-corrected chi connectivity index (χ1v) is 7.26.